The smallest absolute Gasteiger partial charge is 0.361 e. The van der Waals surface area contributed by atoms with Crippen molar-refractivity contribution in [3.63, 3.8) is 0 Å². The summed E-state index contributed by atoms with van der Waals surface area (Å²) in [5.74, 6) is 0.241. The second kappa shape index (κ2) is 4.31. The minimum absolute atomic E-state index is 0. The molecule has 2 nitrogen and oxygen atoms in total. The van der Waals surface area contributed by atoms with Gasteiger partial charge < -0.3 is 5.32 Å². The molecule has 0 bridgehead atoms. The van der Waals surface area contributed by atoms with E-state index in [0.717, 1.165) is 5.56 Å². The van der Waals surface area contributed by atoms with Gasteiger partial charge in [-0.25, -0.2) is 4.98 Å². The lowest BCUT2D eigenvalue weighted by Gasteiger charge is -2.18. The Bertz CT molecular complexity index is 341. The van der Waals surface area contributed by atoms with Crippen LogP contribution in [-0.4, -0.2) is 17.7 Å². The van der Waals surface area contributed by atoms with Gasteiger partial charge in [-0.15, -0.1) is 0 Å². The molecule has 0 unspecified atom stereocenters. The first-order chi connectivity index (χ1) is 7.18. The summed E-state index contributed by atoms with van der Waals surface area (Å²) in [5.41, 5.74) is 0.945. The Labute approximate surface area is 94.4 Å². The normalized spacial score (nSPS) is 12.6. The number of hydrogen-bond donors (Lipinski definition) is 1. The molecule has 5 heteroatoms. The Morgan fingerprint density at radius 2 is 1.88 bits per heavy atom. The molecule has 0 aromatic carbocycles. The second-order valence-corrected chi connectivity index (χ2v) is 4.65. The average Bonchev–Trinajstić information content (AvgIpc) is 2.13. The van der Waals surface area contributed by atoms with Crippen LogP contribution in [0.2, 0.25) is 0 Å². The molecule has 1 aromatic rings. The van der Waals surface area contributed by atoms with Gasteiger partial charge in [-0.05, 0) is 17.0 Å². The van der Waals surface area contributed by atoms with Crippen molar-refractivity contribution in [1.82, 2.24) is 4.98 Å². The summed E-state index contributed by atoms with van der Waals surface area (Å²) in [7, 11) is 0. The number of aromatic nitrogens is 1. The van der Waals surface area contributed by atoms with Crippen molar-refractivity contribution < 1.29 is 14.6 Å². The third kappa shape index (κ3) is 4.08. The SMILES string of the molecule is CC(C)(C)c1ccc(NCC(F)(F)F)nc1.[HH]. The van der Waals surface area contributed by atoms with Gasteiger partial charge in [0.25, 0.3) is 0 Å². The summed E-state index contributed by atoms with van der Waals surface area (Å²) >= 11 is 0. The summed E-state index contributed by atoms with van der Waals surface area (Å²) in [6, 6.07) is 3.35. The number of anilines is 1. The Kier molecular flexibility index (Phi) is 3.45. The van der Waals surface area contributed by atoms with Crippen molar-refractivity contribution in [2.75, 3.05) is 11.9 Å². The minimum Gasteiger partial charge on any atom is -0.361 e. The molecule has 0 saturated carbocycles. The first-order valence-electron chi connectivity index (χ1n) is 4.96. The molecule has 0 fully saturated rings. The van der Waals surface area contributed by atoms with Crippen LogP contribution < -0.4 is 5.32 Å². The fourth-order valence-corrected chi connectivity index (χ4v) is 1.13. The molecule has 0 aliphatic rings. The monoisotopic (exact) mass is 234 g/mol. The fourth-order valence-electron chi connectivity index (χ4n) is 1.13. The summed E-state index contributed by atoms with van der Waals surface area (Å²) in [5, 5.41) is 2.23. The zero-order chi connectivity index (χ0) is 12.4. The quantitative estimate of drug-likeness (QED) is 0.845. The van der Waals surface area contributed by atoms with E-state index in [1.54, 1.807) is 18.3 Å². The highest BCUT2D eigenvalue weighted by atomic mass is 19.4. The highest BCUT2D eigenvalue weighted by Gasteiger charge is 2.26. The Balaban J connectivity index is 0.00000256. The molecule has 0 amide bonds. The van der Waals surface area contributed by atoms with Gasteiger partial charge >= 0.3 is 6.18 Å². The maximum atomic E-state index is 11.9. The molecule has 1 aromatic heterocycles. The number of halogens is 3. The third-order valence-electron chi connectivity index (χ3n) is 2.10. The number of pyridine rings is 1. The number of rotatable bonds is 2. The lowest BCUT2D eigenvalue weighted by atomic mass is 9.88. The molecule has 0 atom stereocenters. The number of alkyl halides is 3. The van der Waals surface area contributed by atoms with Crippen LogP contribution in [0.25, 0.3) is 0 Å². The van der Waals surface area contributed by atoms with Crippen LogP contribution in [0.3, 0.4) is 0 Å². The molecule has 1 N–H and O–H groups in total. The molecule has 1 heterocycles. The largest absolute Gasteiger partial charge is 0.405 e. The molecular formula is C11H17F3N2. The van der Waals surface area contributed by atoms with Gasteiger partial charge in [0.2, 0.25) is 0 Å². The summed E-state index contributed by atoms with van der Waals surface area (Å²) in [6.45, 7) is 5.00. The van der Waals surface area contributed by atoms with E-state index in [2.05, 4.69) is 10.3 Å². The Morgan fingerprint density at radius 3 is 2.25 bits per heavy atom. The van der Waals surface area contributed by atoms with Gasteiger partial charge in [0.1, 0.15) is 12.4 Å². The van der Waals surface area contributed by atoms with Gasteiger partial charge in [0.15, 0.2) is 0 Å². The topological polar surface area (TPSA) is 24.9 Å². The third-order valence-corrected chi connectivity index (χ3v) is 2.10. The van der Waals surface area contributed by atoms with Crippen LogP contribution >= 0.6 is 0 Å². The molecule has 0 radical (unpaired) electrons. The van der Waals surface area contributed by atoms with Crippen molar-refractivity contribution >= 4 is 5.82 Å². The van der Waals surface area contributed by atoms with E-state index in [1.807, 2.05) is 20.8 Å². The second-order valence-electron chi connectivity index (χ2n) is 4.65. The molecular weight excluding hydrogens is 217 g/mol. The van der Waals surface area contributed by atoms with Crippen molar-refractivity contribution in [3.8, 4) is 0 Å². The first kappa shape index (κ1) is 12.8. The van der Waals surface area contributed by atoms with Crippen molar-refractivity contribution in [1.29, 1.82) is 0 Å². The van der Waals surface area contributed by atoms with Gasteiger partial charge in [-0.1, -0.05) is 26.8 Å². The molecule has 1 rings (SSSR count). The van der Waals surface area contributed by atoms with Gasteiger partial charge in [-0.2, -0.15) is 13.2 Å². The van der Waals surface area contributed by atoms with Crippen LogP contribution in [0.15, 0.2) is 18.3 Å². The van der Waals surface area contributed by atoms with Gasteiger partial charge in [0.05, 0.1) is 0 Å². The molecule has 0 saturated heterocycles. The molecule has 0 spiro atoms. The predicted molar refractivity (Wildman–Crippen MR) is 59.6 cm³/mol. The maximum absolute atomic E-state index is 11.9. The van der Waals surface area contributed by atoms with E-state index in [1.165, 1.54) is 0 Å². The van der Waals surface area contributed by atoms with Crippen LogP contribution in [0, 0.1) is 0 Å². The van der Waals surface area contributed by atoms with Crippen LogP contribution in [0.1, 0.15) is 27.8 Å². The number of nitrogens with one attached hydrogen (secondary N) is 1. The van der Waals surface area contributed by atoms with Gasteiger partial charge in [-0.3, -0.25) is 0 Å². The summed E-state index contributed by atoms with van der Waals surface area (Å²) in [4.78, 5) is 3.94. The van der Waals surface area contributed by atoms with E-state index in [4.69, 9.17) is 0 Å². The van der Waals surface area contributed by atoms with E-state index in [9.17, 15) is 13.2 Å². The first-order valence-corrected chi connectivity index (χ1v) is 4.96. The highest BCUT2D eigenvalue weighted by Crippen LogP contribution is 2.22. The molecule has 16 heavy (non-hydrogen) atoms. The summed E-state index contributed by atoms with van der Waals surface area (Å²) in [6.07, 6.45) is -2.62. The minimum atomic E-state index is -4.22. The summed E-state index contributed by atoms with van der Waals surface area (Å²) < 4.78 is 35.8. The van der Waals surface area contributed by atoms with Crippen molar-refractivity contribution in [3.05, 3.63) is 23.9 Å². The lowest BCUT2D eigenvalue weighted by Crippen LogP contribution is -2.22. The van der Waals surface area contributed by atoms with Crippen LogP contribution in [0.4, 0.5) is 19.0 Å². The fraction of sp³-hybridized carbons (Fsp3) is 0.545. The zero-order valence-corrected chi connectivity index (χ0v) is 9.52. The zero-order valence-electron chi connectivity index (χ0n) is 9.52. The molecule has 92 valence electrons. The van der Waals surface area contributed by atoms with Crippen LogP contribution in [0.5, 0.6) is 0 Å². The van der Waals surface area contributed by atoms with Crippen LogP contribution in [-0.2, 0) is 5.41 Å². The standard InChI is InChI=1S/C11H15F3N2.H2/c1-10(2,3)8-4-5-9(15-6-8)16-7-11(12,13)14;/h4-6H,7H2,1-3H3,(H,15,16);1H. The number of nitrogens with zero attached hydrogens (tertiary/aromatic N) is 1. The Morgan fingerprint density at radius 1 is 1.25 bits per heavy atom. The van der Waals surface area contributed by atoms with E-state index < -0.39 is 12.7 Å². The van der Waals surface area contributed by atoms with Gasteiger partial charge in [0, 0.05) is 7.62 Å². The van der Waals surface area contributed by atoms with E-state index in [0.29, 0.717) is 0 Å². The van der Waals surface area contributed by atoms with Crippen molar-refractivity contribution in [2.45, 2.75) is 32.4 Å². The lowest BCUT2D eigenvalue weighted by molar-refractivity contribution is -0.115. The predicted octanol–water partition coefficient (Wildman–Crippen LogP) is 3.60. The molecule has 0 aliphatic carbocycles. The molecule has 0 aliphatic heterocycles. The average molecular weight is 234 g/mol. The van der Waals surface area contributed by atoms with E-state index >= 15 is 0 Å². The van der Waals surface area contributed by atoms with E-state index in [-0.39, 0.29) is 12.7 Å². The number of hydrogen-bond acceptors (Lipinski definition) is 2. The highest BCUT2D eigenvalue weighted by molar-refractivity contribution is 5.37. The van der Waals surface area contributed by atoms with Crippen molar-refractivity contribution in [2.24, 2.45) is 0 Å². The Hall–Kier alpha value is -1.26. The maximum Gasteiger partial charge on any atom is 0.405 e.